The van der Waals surface area contributed by atoms with E-state index in [4.69, 9.17) is 14.2 Å². The van der Waals surface area contributed by atoms with Crippen LogP contribution in [0, 0.1) is 0 Å². The fourth-order valence-electron chi connectivity index (χ4n) is 1.62. The molecule has 4 heteroatoms. The summed E-state index contributed by atoms with van der Waals surface area (Å²) in [5.41, 5.74) is 1.13. The first kappa shape index (κ1) is 14.8. The lowest BCUT2D eigenvalue weighted by Crippen LogP contribution is -2.09. The lowest BCUT2D eigenvalue weighted by atomic mass is 10.2. The van der Waals surface area contributed by atoms with Crippen LogP contribution in [0.5, 0.6) is 11.5 Å². The predicted octanol–water partition coefficient (Wildman–Crippen LogP) is 2.22. The van der Waals surface area contributed by atoms with Crippen molar-refractivity contribution in [2.75, 3.05) is 34.0 Å². The van der Waals surface area contributed by atoms with Crippen molar-refractivity contribution in [1.29, 1.82) is 0 Å². The predicted molar refractivity (Wildman–Crippen MR) is 72.4 cm³/mol. The van der Waals surface area contributed by atoms with E-state index in [-0.39, 0.29) is 0 Å². The standard InChI is InChI=1S/C14H23NO3/c1-4-17-8-5-9-18-14-10-13(16-3)7-6-12(14)11-15-2/h6-7,10,15H,4-5,8-9,11H2,1-3H3. The van der Waals surface area contributed by atoms with Gasteiger partial charge in [0, 0.05) is 37.8 Å². The Balaban J connectivity index is 2.54. The van der Waals surface area contributed by atoms with Crippen LogP contribution >= 0.6 is 0 Å². The molecule has 0 heterocycles. The van der Waals surface area contributed by atoms with Crippen molar-refractivity contribution in [3.05, 3.63) is 23.8 Å². The zero-order chi connectivity index (χ0) is 13.2. The Morgan fingerprint density at radius 2 is 2.06 bits per heavy atom. The smallest absolute Gasteiger partial charge is 0.127 e. The van der Waals surface area contributed by atoms with Gasteiger partial charge in [-0.3, -0.25) is 0 Å². The summed E-state index contributed by atoms with van der Waals surface area (Å²) in [7, 11) is 3.58. The summed E-state index contributed by atoms with van der Waals surface area (Å²) in [6, 6.07) is 5.89. The fraction of sp³-hybridized carbons (Fsp3) is 0.571. The van der Waals surface area contributed by atoms with Gasteiger partial charge in [0.15, 0.2) is 0 Å². The third-order valence-electron chi connectivity index (χ3n) is 2.54. The summed E-state index contributed by atoms with van der Waals surface area (Å²) in [4.78, 5) is 0. The summed E-state index contributed by atoms with van der Waals surface area (Å²) in [5, 5.41) is 3.13. The molecule has 102 valence electrons. The van der Waals surface area contributed by atoms with Gasteiger partial charge in [-0.05, 0) is 20.0 Å². The van der Waals surface area contributed by atoms with Gasteiger partial charge in [0.25, 0.3) is 0 Å². The molecule has 0 aliphatic rings. The second kappa shape index (κ2) is 8.78. The van der Waals surface area contributed by atoms with E-state index in [0.717, 1.165) is 43.2 Å². The van der Waals surface area contributed by atoms with Crippen molar-refractivity contribution < 1.29 is 14.2 Å². The van der Waals surface area contributed by atoms with Gasteiger partial charge >= 0.3 is 0 Å². The van der Waals surface area contributed by atoms with Gasteiger partial charge in [0.1, 0.15) is 11.5 Å². The zero-order valence-corrected chi connectivity index (χ0v) is 11.5. The normalized spacial score (nSPS) is 10.4. The Morgan fingerprint density at radius 3 is 2.72 bits per heavy atom. The second-order valence-electron chi connectivity index (χ2n) is 3.90. The number of hydrogen-bond donors (Lipinski definition) is 1. The molecule has 0 spiro atoms. The summed E-state index contributed by atoms with van der Waals surface area (Å²) < 4.78 is 16.3. The molecule has 0 atom stereocenters. The van der Waals surface area contributed by atoms with Gasteiger partial charge in [-0.25, -0.2) is 0 Å². The molecule has 0 saturated heterocycles. The molecule has 0 saturated carbocycles. The maximum atomic E-state index is 5.78. The highest BCUT2D eigenvalue weighted by Gasteiger charge is 2.05. The van der Waals surface area contributed by atoms with E-state index in [0.29, 0.717) is 6.61 Å². The number of hydrogen-bond acceptors (Lipinski definition) is 4. The van der Waals surface area contributed by atoms with Crippen LogP contribution in [0.15, 0.2) is 18.2 Å². The molecule has 0 aliphatic heterocycles. The van der Waals surface area contributed by atoms with Gasteiger partial charge in [0.2, 0.25) is 0 Å². The molecular weight excluding hydrogens is 230 g/mol. The molecule has 0 amide bonds. The topological polar surface area (TPSA) is 39.7 Å². The van der Waals surface area contributed by atoms with Crippen molar-refractivity contribution in [2.24, 2.45) is 0 Å². The van der Waals surface area contributed by atoms with Gasteiger partial charge in [0.05, 0.1) is 13.7 Å². The average Bonchev–Trinajstić information content (AvgIpc) is 2.40. The fourth-order valence-corrected chi connectivity index (χ4v) is 1.62. The number of benzene rings is 1. The molecule has 0 radical (unpaired) electrons. The molecule has 0 bridgehead atoms. The van der Waals surface area contributed by atoms with E-state index in [2.05, 4.69) is 5.32 Å². The summed E-state index contributed by atoms with van der Waals surface area (Å²) in [6.07, 6.45) is 0.893. The summed E-state index contributed by atoms with van der Waals surface area (Å²) in [5.74, 6) is 1.69. The third kappa shape index (κ3) is 4.94. The first-order chi connectivity index (χ1) is 8.81. The lowest BCUT2D eigenvalue weighted by molar-refractivity contribution is 0.130. The molecular formula is C14H23NO3. The van der Waals surface area contributed by atoms with Crippen molar-refractivity contribution >= 4 is 0 Å². The van der Waals surface area contributed by atoms with Gasteiger partial charge in [-0.15, -0.1) is 0 Å². The van der Waals surface area contributed by atoms with E-state index in [9.17, 15) is 0 Å². The van der Waals surface area contributed by atoms with Crippen molar-refractivity contribution in [1.82, 2.24) is 5.32 Å². The Labute approximate surface area is 109 Å². The van der Waals surface area contributed by atoms with Crippen LogP contribution in [0.3, 0.4) is 0 Å². The van der Waals surface area contributed by atoms with Crippen LogP contribution in [0.2, 0.25) is 0 Å². The Kier molecular flexibility index (Phi) is 7.22. The largest absolute Gasteiger partial charge is 0.497 e. The van der Waals surface area contributed by atoms with E-state index in [1.54, 1.807) is 7.11 Å². The third-order valence-corrected chi connectivity index (χ3v) is 2.54. The number of methoxy groups -OCH3 is 1. The SMILES string of the molecule is CCOCCCOc1cc(OC)ccc1CNC. The minimum absolute atomic E-state index is 0.657. The number of rotatable bonds is 9. The van der Waals surface area contributed by atoms with Crippen LogP contribution in [-0.2, 0) is 11.3 Å². The molecule has 0 aromatic heterocycles. The van der Waals surface area contributed by atoms with E-state index in [1.165, 1.54) is 0 Å². The van der Waals surface area contributed by atoms with Gasteiger partial charge in [-0.1, -0.05) is 6.07 Å². The Hall–Kier alpha value is -1.26. The Morgan fingerprint density at radius 1 is 1.22 bits per heavy atom. The van der Waals surface area contributed by atoms with Crippen LogP contribution in [0.25, 0.3) is 0 Å². The van der Waals surface area contributed by atoms with Crippen LogP contribution in [0.1, 0.15) is 18.9 Å². The number of nitrogens with one attached hydrogen (secondary N) is 1. The maximum absolute atomic E-state index is 5.78. The minimum atomic E-state index is 0.657. The van der Waals surface area contributed by atoms with E-state index >= 15 is 0 Å². The van der Waals surface area contributed by atoms with Crippen molar-refractivity contribution in [3.63, 3.8) is 0 Å². The van der Waals surface area contributed by atoms with Crippen LogP contribution in [0.4, 0.5) is 0 Å². The summed E-state index contributed by atoms with van der Waals surface area (Å²) >= 11 is 0. The molecule has 1 rings (SSSR count). The van der Waals surface area contributed by atoms with Crippen molar-refractivity contribution in [3.8, 4) is 11.5 Å². The monoisotopic (exact) mass is 253 g/mol. The quantitative estimate of drug-likeness (QED) is 0.685. The zero-order valence-electron chi connectivity index (χ0n) is 11.5. The highest BCUT2D eigenvalue weighted by molar-refractivity contribution is 5.40. The number of ether oxygens (including phenoxy) is 3. The molecule has 0 fully saturated rings. The summed E-state index contributed by atoms with van der Waals surface area (Å²) in [6.45, 7) is 4.93. The van der Waals surface area contributed by atoms with Gasteiger partial charge in [-0.2, -0.15) is 0 Å². The molecule has 1 aromatic carbocycles. The second-order valence-corrected chi connectivity index (χ2v) is 3.90. The molecule has 1 N–H and O–H groups in total. The average molecular weight is 253 g/mol. The molecule has 4 nitrogen and oxygen atoms in total. The molecule has 0 unspecified atom stereocenters. The highest BCUT2D eigenvalue weighted by Crippen LogP contribution is 2.24. The van der Waals surface area contributed by atoms with Crippen LogP contribution < -0.4 is 14.8 Å². The van der Waals surface area contributed by atoms with E-state index in [1.807, 2.05) is 32.2 Å². The van der Waals surface area contributed by atoms with Gasteiger partial charge < -0.3 is 19.5 Å². The first-order valence-corrected chi connectivity index (χ1v) is 6.33. The first-order valence-electron chi connectivity index (χ1n) is 6.33. The molecule has 18 heavy (non-hydrogen) atoms. The molecule has 0 aliphatic carbocycles. The highest BCUT2D eigenvalue weighted by atomic mass is 16.5. The molecule has 1 aromatic rings. The van der Waals surface area contributed by atoms with Crippen LogP contribution in [-0.4, -0.2) is 34.0 Å². The minimum Gasteiger partial charge on any atom is -0.497 e. The van der Waals surface area contributed by atoms with Crippen molar-refractivity contribution in [2.45, 2.75) is 19.9 Å². The maximum Gasteiger partial charge on any atom is 0.127 e. The Bertz CT molecular complexity index is 342. The lowest BCUT2D eigenvalue weighted by Gasteiger charge is -2.12. The van der Waals surface area contributed by atoms with E-state index < -0.39 is 0 Å².